The van der Waals surface area contributed by atoms with Crippen LogP contribution in [-0.4, -0.2) is 68.8 Å². The molecule has 0 bridgehead atoms. The summed E-state index contributed by atoms with van der Waals surface area (Å²) in [5.41, 5.74) is 0. The van der Waals surface area contributed by atoms with Gasteiger partial charge in [0.1, 0.15) is 6.61 Å². The van der Waals surface area contributed by atoms with Crippen LogP contribution in [0.5, 0.6) is 0 Å². The molecule has 0 unspecified atom stereocenters. The molecule has 0 aromatic carbocycles. The average Bonchev–Trinajstić information content (AvgIpc) is 2.39. The van der Waals surface area contributed by atoms with Gasteiger partial charge in [0.05, 0.1) is 5.75 Å². The van der Waals surface area contributed by atoms with E-state index in [-0.39, 0.29) is 0 Å². The molecule has 0 aromatic heterocycles. The molecule has 0 heterocycles. The molecule has 0 aliphatic heterocycles. The predicted octanol–water partition coefficient (Wildman–Crippen LogP) is 3.81. The first-order valence-electron chi connectivity index (χ1n) is 6.92. The molecule has 31 heavy (non-hydrogen) atoms. The quantitative estimate of drug-likeness (QED) is 0.225. The van der Waals surface area contributed by atoms with Gasteiger partial charge in [-0.15, -0.1) is 13.2 Å². The van der Waals surface area contributed by atoms with Gasteiger partial charge in [0.15, 0.2) is 0 Å². The fourth-order valence-electron chi connectivity index (χ4n) is 1.30. The molecule has 0 spiro atoms. The Bertz CT molecular complexity index is 691. The fraction of sp³-hybridized carbons (Fsp3) is 1.00. The van der Waals surface area contributed by atoms with Crippen molar-refractivity contribution in [2.24, 2.45) is 0 Å². The predicted molar refractivity (Wildman–Crippen MR) is 65.9 cm³/mol. The van der Waals surface area contributed by atoms with E-state index in [4.69, 9.17) is 4.55 Å². The van der Waals surface area contributed by atoms with Crippen molar-refractivity contribution in [1.82, 2.24) is 0 Å². The van der Waals surface area contributed by atoms with Crippen molar-refractivity contribution >= 4 is 10.1 Å². The maximum absolute atomic E-state index is 13.1. The minimum atomic E-state index is -7.14. The van der Waals surface area contributed by atoms with Crippen LogP contribution < -0.4 is 0 Å². The molecule has 0 aliphatic carbocycles. The van der Waals surface area contributed by atoms with Crippen LogP contribution in [0.25, 0.3) is 0 Å². The molecule has 21 heteroatoms. The first-order chi connectivity index (χ1) is 13.3. The smallest absolute Gasteiger partial charge is 0.372 e. The van der Waals surface area contributed by atoms with Gasteiger partial charge in [0.25, 0.3) is 10.1 Å². The second kappa shape index (κ2) is 9.37. The van der Waals surface area contributed by atoms with Crippen LogP contribution in [0.1, 0.15) is 6.42 Å². The molecule has 0 rings (SSSR count). The van der Waals surface area contributed by atoms with Gasteiger partial charge in [-0.3, -0.25) is 4.55 Å². The third-order valence-corrected chi connectivity index (χ3v) is 3.22. The van der Waals surface area contributed by atoms with Crippen LogP contribution in [0.4, 0.5) is 57.1 Å². The maximum Gasteiger partial charge on any atom is 0.527 e. The van der Waals surface area contributed by atoms with E-state index in [0.717, 1.165) is 0 Å². The molecular formula is C10H9F13O7S. The summed E-state index contributed by atoms with van der Waals surface area (Å²) in [6.07, 6.45) is -40.9. The fourth-order valence-corrected chi connectivity index (χ4v) is 1.78. The second-order valence-corrected chi connectivity index (χ2v) is 6.72. The summed E-state index contributed by atoms with van der Waals surface area (Å²) in [6.45, 7) is -3.37. The average molecular weight is 520 g/mol. The van der Waals surface area contributed by atoms with Crippen LogP contribution in [0, 0.1) is 0 Å². The molecule has 0 aliphatic rings. The number of hydrogen-bond acceptors (Lipinski definition) is 6. The molecule has 0 radical (unpaired) electrons. The number of hydrogen-bond donors (Lipinski definition) is 1. The Hall–Kier alpha value is -1.16. The zero-order chi connectivity index (χ0) is 25.2. The van der Waals surface area contributed by atoms with E-state index in [1.165, 1.54) is 4.74 Å². The van der Waals surface area contributed by atoms with Gasteiger partial charge in [-0.25, -0.2) is 14.2 Å². The maximum atomic E-state index is 13.1. The zero-order valence-corrected chi connectivity index (χ0v) is 14.9. The lowest BCUT2D eigenvalue weighted by atomic mass is 10.5. The zero-order valence-electron chi connectivity index (χ0n) is 14.0. The highest BCUT2D eigenvalue weighted by Gasteiger charge is 2.74. The Kier molecular flexibility index (Phi) is 9.02. The van der Waals surface area contributed by atoms with Crippen LogP contribution in [0.2, 0.25) is 0 Å². The summed E-state index contributed by atoms with van der Waals surface area (Å²) >= 11 is 0. The molecular weight excluding hydrogens is 511 g/mol. The lowest BCUT2D eigenvalue weighted by Gasteiger charge is -2.33. The molecule has 0 aromatic rings. The Morgan fingerprint density at radius 3 is 1.42 bits per heavy atom. The highest BCUT2D eigenvalue weighted by atomic mass is 32.2. The molecule has 0 fully saturated rings. The van der Waals surface area contributed by atoms with Crippen molar-refractivity contribution in [2.75, 3.05) is 19.0 Å². The van der Waals surface area contributed by atoms with Crippen molar-refractivity contribution < 1.29 is 89.0 Å². The van der Waals surface area contributed by atoms with E-state index in [9.17, 15) is 65.5 Å². The van der Waals surface area contributed by atoms with Gasteiger partial charge in [-0.1, -0.05) is 0 Å². The van der Waals surface area contributed by atoms with E-state index in [2.05, 4.69) is 9.47 Å². The minimum absolute atomic E-state index is 0.717. The monoisotopic (exact) mass is 520 g/mol. The molecule has 1 N–H and O–H groups in total. The number of halogens is 13. The van der Waals surface area contributed by atoms with Gasteiger partial charge in [0.2, 0.25) is 0 Å². The Morgan fingerprint density at radius 1 is 0.645 bits per heavy atom. The van der Waals surface area contributed by atoms with E-state index >= 15 is 0 Å². The third-order valence-electron chi connectivity index (χ3n) is 2.42. The molecule has 0 saturated heterocycles. The largest absolute Gasteiger partial charge is 0.527 e. The van der Waals surface area contributed by atoms with Crippen molar-refractivity contribution in [3.63, 3.8) is 0 Å². The summed E-state index contributed by atoms with van der Waals surface area (Å²) in [5.74, 6) is -1.06. The van der Waals surface area contributed by atoms with Crippen molar-refractivity contribution in [3.05, 3.63) is 0 Å². The summed E-state index contributed by atoms with van der Waals surface area (Å²) in [4.78, 5) is 0. The van der Waals surface area contributed by atoms with Gasteiger partial charge in [0, 0.05) is 6.61 Å². The first-order valence-corrected chi connectivity index (χ1v) is 8.53. The highest BCUT2D eigenvalue weighted by Crippen LogP contribution is 2.48. The third kappa shape index (κ3) is 10.3. The minimum Gasteiger partial charge on any atom is -0.372 e. The summed E-state index contributed by atoms with van der Waals surface area (Å²) in [6, 6.07) is 0. The number of ether oxygens (including phenoxy) is 4. The normalized spacial score (nSPS) is 15.4. The van der Waals surface area contributed by atoms with Crippen LogP contribution in [0.3, 0.4) is 0 Å². The Balaban J connectivity index is 5.16. The Morgan fingerprint density at radius 2 is 1.03 bits per heavy atom. The van der Waals surface area contributed by atoms with E-state index in [1.807, 2.05) is 0 Å². The topological polar surface area (TPSA) is 91.3 Å². The second-order valence-electron chi connectivity index (χ2n) is 5.15. The first kappa shape index (κ1) is 29.8. The van der Waals surface area contributed by atoms with E-state index in [0.29, 0.717) is 0 Å². The van der Waals surface area contributed by atoms with Crippen molar-refractivity contribution in [2.45, 2.75) is 43.3 Å². The van der Waals surface area contributed by atoms with Crippen LogP contribution in [0.15, 0.2) is 0 Å². The lowest BCUT2D eigenvalue weighted by Crippen LogP contribution is -2.57. The van der Waals surface area contributed by atoms with Gasteiger partial charge >= 0.3 is 36.9 Å². The molecule has 0 atom stereocenters. The van der Waals surface area contributed by atoms with Crippen LogP contribution >= 0.6 is 0 Å². The summed E-state index contributed by atoms with van der Waals surface area (Å²) < 4.78 is 202. The van der Waals surface area contributed by atoms with Crippen molar-refractivity contribution in [1.29, 1.82) is 0 Å². The van der Waals surface area contributed by atoms with E-state index in [1.54, 1.807) is 4.74 Å². The van der Waals surface area contributed by atoms with Gasteiger partial charge < -0.3 is 4.74 Å². The summed E-state index contributed by atoms with van der Waals surface area (Å²) in [7, 11) is -4.58. The molecule has 7 nitrogen and oxygen atoms in total. The van der Waals surface area contributed by atoms with Gasteiger partial charge in [-0.05, 0) is 6.42 Å². The SMILES string of the molecule is O=S(=O)(O)CCCOCC(F)(F)OC(F)(F)C(F)(F)OC(F)(F)C(F)(F)OC(F)(F)F. The van der Waals surface area contributed by atoms with Crippen molar-refractivity contribution in [3.8, 4) is 0 Å². The highest BCUT2D eigenvalue weighted by molar-refractivity contribution is 7.85. The number of rotatable bonds is 13. The van der Waals surface area contributed by atoms with Crippen LogP contribution in [-0.2, 0) is 29.1 Å². The molecule has 0 saturated carbocycles. The lowest BCUT2D eigenvalue weighted by molar-refractivity contribution is -0.564. The molecule has 0 amide bonds. The standard InChI is InChI=1S/C10H9F13O7S/c11-5(12,4-27-2-1-3-31(24,25)26)28-6(13,14)7(15,16)29-8(17,18)9(19,20)30-10(21,22)23/h1-4H2,(H,24,25,26). The molecule has 188 valence electrons. The Labute approximate surface area is 162 Å². The number of alkyl halides is 13. The van der Waals surface area contributed by atoms with Gasteiger partial charge in [-0.2, -0.15) is 52.3 Å². The summed E-state index contributed by atoms with van der Waals surface area (Å²) in [5, 5.41) is 0. The van der Waals surface area contributed by atoms with E-state index < -0.39 is 72.4 Å².